The highest BCUT2D eigenvalue weighted by Gasteiger charge is 2.30. The Labute approximate surface area is 168 Å². The van der Waals surface area contributed by atoms with Gasteiger partial charge < -0.3 is 5.32 Å². The van der Waals surface area contributed by atoms with E-state index in [2.05, 4.69) is 27.1 Å². The molecule has 0 bridgehead atoms. The van der Waals surface area contributed by atoms with Crippen LogP contribution in [0, 0.1) is 0 Å². The molecule has 3 aromatic rings. The monoisotopic (exact) mass is 419 g/mol. The Morgan fingerprint density at radius 3 is 2.66 bits per heavy atom. The number of pyridine rings is 1. The minimum Gasteiger partial charge on any atom is -0.325 e. The van der Waals surface area contributed by atoms with Gasteiger partial charge in [-0.2, -0.15) is 13.2 Å². The molecule has 1 amide bonds. The third kappa shape index (κ3) is 5.23. The molecule has 0 saturated carbocycles. The van der Waals surface area contributed by atoms with E-state index in [-0.39, 0.29) is 11.4 Å². The topological polar surface area (TPSA) is 72.7 Å². The molecule has 29 heavy (non-hydrogen) atoms. The molecule has 2 aromatic heterocycles. The number of carbonyl (C=O) groups is 1. The number of nitrogens with one attached hydrogen (secondary N) is 1. The molecule has 0 unspecified atom stereocenters. The van der Waals surface area contributed by atoms with Crippen molar-refractivity contribution in [1.29, 1.82) is 0 Å². The van der Waals surface area contributed by atoms with Gasteiger partial charge in [0.25, 0.3) is 0 Å². The Hall–Kier alpha value is -3.14. The quantitative estimate of drug-likeness (QED) is 0.457. The summed E-state index contributed by atoms with van der Waals surface area (Å²) in [7, 11) is 0. The number of hydrogen-bond donors (Lipinski definition) is 1. The Kier molecular flexibility index (Phi) is 6.32. The lowest BCUT2D eigenvalue weighted by Crippen LogP contribution is -2.15. The number of thioether (sulfide) groups is 1. The number of aromatic nitrogens is 4. The molecule has 1 aromatic carbocycles. The first-order valence-corrected chi connectivity index (χ1v) is 9.41. The molecule has 0 aliphatic rings. The summed E-state index contributed by atoms with van der Waals surface area (Å²) in [6.45, 7) is 4.15. The van der Waals surface area contributed by atoms with Crippen LogP contribution in [0.5, 0.6) is 0 Å². The molecule has 0 aliphatic heterocycles. The second-order valence-corrected chi connectivity index (χ2v) is 6.80. The SMILES string of the molecule is C=CCn1c(SCC(=O)Nc2cccc(C(F)(F)F)c2)nnc1-c1ccncc1. The van der Waals surface area contributed by atoms with E-state index in [9.17, 15) is 18.0 Å². The van der Waals surface area contributed by atoms with Gasteiger partial charge in [-0.05, 0) is 30.3 Å². The Bertz CT molecular complexity index is 1000. The number of allylic oxidation sites excluding steroid dienone is 1. The number of alkyl halides is 3. The summed E-state index contributed by atoms with van der Waals surface area (Å²) in [5.74, 6) is 0.114. The molecule has 2 heterocycles. The number of halogens is 3. The molecule has 10 heteroatoms. The van der Waals surface area contributed by atoms with E-state index in [1.54, 1.807) is 35.2 Å². The van der Waals surface area contributed by atoms with Gasteiger partial charge in [-0.15, -0.1) is 16.8 Å². The van der Waals surface area contributed by atoms with E-state index in [1.807, 2.05) is 0 Å². The van der Waals surface area contributed by atoms with Crippen LogP contribution in [0.1, 0.15) is 5.56 Å². The summed E-state index contributed by atoms with van der Waals surface area (Å²) in [5.41, 5.74) is 0.0701. The fourth-order valence-corrected chi connectivity index (χ4v) is 3.25. The van der Waals surface area contributed by atoms with Crippen LogP contribution in [0.2, 0.25) is 0 Å². The largest absolute Gasteiger partial charge is 0.416 e. The van der Waals surface area contributed by atoms with Gasteiger partial charge in [0.2, 0.25) is 5.91 Å². The molecule has 0 atom stereocenters. The van der Waals surface area contributed by atoms with Gasteiger partial charge in [0.15, 0.2) is 11.0 Å². The van der Waals surface area contributed by atoms with Crippen LogP contribution in [0.15, 0.2) is 66.6 Å². The lowest BCUT2D eigenvalue weighted by molar-refractivity contribution is -0.137. The molecular formula is C19H16F3N5OS. The second-order valence-electron chi connectivity index (χ2n) is 5.86. The van der Waals surface area contributed by atoms with Crippen molar-refractivity contribution >= 4 is 23.4 Å². The van der Waals surface area contributed by atoms with Crippen LogP contribution in [0.25, 0.3) is 11.4 Å². The Morgan fingerprint density at radius 2 is 1.97 bits per heavy atom. The minimum atomic E-state index is -4.47. The summed E-state index contributed by atoms with van der Waals surface area (Å²) in [6, 6.07) is 8.07. The molecule has 1 N–H and O–H groups in total. The van der Waals surface area contributed by atoms with Crippen molar-refractivity contribution in [3.63, 3.8) is 0 Å². The smallest absolute Gasteiger partial charge is 0.325 e. The summed E-state index contributed by atoms with van der Waals surface area (Å²) < 4.78 is 40.2. The average Bonchev–Trinajstić information content (AvgIpc) is 3.09. The maximum atomic E-state index is 12.8. The highest BCUT2D eigenvalue weighted by molar-refractivity contribution is 7.99. The number of rotatable bonds is 7. The van der Waals surface area contributed by atoms with Gasteiger partial charge in [0, 0.05) is 30.2 Å². The van der Waals surface area contributed by atoms with Crippen LogP contribution in [-0.4, -0.2) is 31.4 Å². The van der Waals surface area contributed by atoms with Crippen molar-refractivity contribution < 1.29 is 18.0 Å². The van der Waals surface area contributed by atoms with Gasteiger partial charge in [0.05, 0.1) is 11.3 Å². The van der Waals surface area contributed by atoms with Crippen molar-refractivity contribution in [2.45, 2.75) is 17.9 Å². The molecule has 3 rings (SSSR count). The number of carbonyl (C=O) groups excluding carboxylic acids is 1. The second kappa shape index (κ2) is 8.91. The summed E-state index contributed by atoms with van der Waals surface area (Å²) >= 11 is 1.13. The van der Waals surface area contributed by atoms with E-state index in [1.165, 1.54) is 12.1 Å². The fraction of sp³-hybridized carbons (Fsp3) is 0.158. The molecule has 0 aliphatic carbocycles. The predicted octanol–water partition coefficient (Wildman–Crippen LogP) is 4.28. The van der Waals surface area contributed by atoms with Crippen LogP contribution < -0.4 is 5.32 Å². The Balaban J connectivity index is 1.69. The summed E-state index contributed by atoms with van der Waals surface area (Å²) in [5, 5.41) is 11.2. The summed E-state index contributed by atoms with van der Waals surface area (Å²) in [6.07, 6.45) is 0.482. The lowest BCUT2D eigenvalue weighted by Gasteiger charge is -2.10. The molecule has 150 valence electrons. The van der Waals surface area contributed by atoms with Gasteiger partial charge in [-0.25, -0.2) is 0 Å². The maximum Gasteiger partial charge on any atom is 0.416 e. The van der Waals surface area contributed by atoms with E-state index in [4.69, 9.17) is 0 Å². The molecule has 0 spiro atoms. The van der Waals surface area contributed by atoms with Gasteiger partial charge >= 0.3 is 6.18 Å². The molecule has 0 fully saturated rings. The molecule has 6 nitrogen and oxygen atoms in total. The van der Waals surface area contributed by atoms with Crippen molar-refractivity contribution in [3.8, 4) is 11.4 Å². The first-order chi connectivity index (χ1) is 13.9. The van der Waals surface area contributed by atoms with Gasteiger partial charge in [-0.1, -0.05) is 23.9 Å². The predicted molar refractivity (Wildman–Crippen MR) is 104 cm³/mol. The van der Waals surface area contributed by atoms with E-state index >= 15 is 0 Å². The van der Waals surface area contributed by atoms with E-state index < -0.39 is 17.6 Å². The zero-order valence-corrected chi connectivity index (χ0v) is 15.9. The van der Waals surface area contributed by atoms with Crippen LogP contribution in [0.3, 0.4) is 0 Å². The van der Waals surface area contributed by atoms with Gasteiger partial charge in [-0.3, -0.25) is 14.3 Å². The van der Waals surface area contributed by atoms with Crippen molar-refractivity contribution in [2.24, 2.45) is 0 Å². The number of hydrogen-bond acceptors (Lipinski definition) is 5. The molecular weight excluding hydrogens is 403 g/mol. The molecule has 0 radical (unpaired) electrons. The van der Waals surface area contributed by atoms with Crippen LogP contribution in [-0.2, 0) is 17.5 Å². The standard InChI is InChI=1S/C19H16F3N5OS/c1-2-10-27-17(13-6-8-23-9-7-13)25-26-18(27)29-12-16(28)24-15-5-3-4-14(11-15)19(20,21)22/h2-9,11H,1,10,12H2,(H,24,28). The fourth-order valence-electron chi connectivity index (χ4n) is 2.50. The number of anilines is 1. The first-order valence-electron chi connectivity index (χ1n) is 8.43. The third-order valence-electron chi connectivity index (χ3n) is 3.77. The third-order valence-corrected chi connectivity index (χ3v) is 4.74. The minimum absolute atomic E-state index is 0.0398. The first kappa shape index (κ1) is 20.6. The number of amides is 1. The van der Waals surface area contributed by atoms with E-state index in [0.717, 1.165) is 29.5 Å². The molecule has 0 saturated heterocycles. The normalized spacial score (nSPS) is 11.3. The maximum absolute atomic E-state index is 12.8. The van der Waals surface area contributed by atoms with Crippen molar-refractivity contribution in [1.82, 2.24) is 19.7 Å². The highest BCUT2D eigenvalue weighted by atomic mass is 32.2. The zero-order chi connectivity index (χ0) is 20.9. The highest BCUT2D eigenvalue weighted by Crippen LogP contribution is 2.31. The van der Waals surface area contributed by atoms with Crippen LogP contribution in [0.4, 0.5) is 18.9 Å². The Morgan fingerprint density at radius 1 is 1.21 bits per heavy atom. The van der Waals surface area contributed by atoms with Gasteiger partial charge in [0.1, 0.15) is 0 Å². The van der Waals surface area contributed by atoms with Crippen LogP contribution >= 0.6 is 11.8 Å². The number of benzene rings is 1. The van der Waals surface area contributed by atoms with E-state index in [0.29, 0.717) is 17.5 Å². The average molecular weight is 419 g/mol. The van der Waals surface area contributed by atoms with Crippen molar-refractivity contribution in [2.75, 3.05) is 11.1 Å². The lowest BCUT2D eigenvalue weighted by atomic mass is 10.2. The zero-order valence-electron chi connectivity index (χ0n) is 15.1. The van der Waals surface area contributed by atoms with Crippen molar-refractivity contribution in [3.05, 3.63) is 67.0 Å². The summed E-state index contributed by atoms with van der Waals surface area (Å²) in [4.78, 5) is 16.2. The number of nitrogens with zero attached hydrogens (tertiary/aromatic N) is 4.